The van der Waals surface area contributed by atoms with E-state index in [9.17, 15) is 5.11 Å². The normalized spacial score (nSPS) is 11.9. The fourth-order valence-corrected chi connectivity index (χ4v) is 1.87. The van der Waals surface area contributed by atoms with Gasteiger partial charge < -0.3 is 5.11 Å². The molecule has 1 N–H and O–H groups in total. The van der Waals surface area contributed by atoms with E-state index in [4.69, 9.17) is 0 Å². The highest BCUT2D eigenvalue weighted by molar-refractivity contribution is 5.69. The Bertz CT molecular complexity index is 554. The van der Waals surface area contributed by atoms with Crippen LogP contribution < -0.4 is 0 Å². The predicted octanol–water partition coefficient (Wildman–Crippen LogP) is 4.86. The molecule has 19 heavy (non-hydrogen) atoms. The third kappa shape index (κ3) is 3.72. The van der Waals surface area contributed by atoms with Crippen LogP contribution in [-0.2, 0) is 5.41 Å². The van der Waals surface area contributed by atoms with Gasteiger partial charge in [0.1, 0.15) is 5.75 Å². The molecule has 0 aromatic heterocycles. The summed E-state index contributed by atoms with van der Waals surface area (Å²) in [5, 5.41) is 9.22. The quantitative estimate of drug-likeness (QED) is 0.757. The second-order valence-electron chi connectivity index (χ2n) is 5.80. The summed E-state index contributed by atoms with van der Waals surface area (Å²) in [6, 6.07) is 15.8. The molecule has 0 bridgehead atoms. The zero-order chi connectivity index (χ0) is 13.9. The minimum absolute atomic E-state index is 0.194. The molecular weight excluding hydrogens is 232 g/mol. The van der Waals surface area contributed by atoms with Crippen molar-refractivity contribution in [3.8, 4) is 5.75 Å². The molecule has 0 spiro atoms. The summed E-state index contributed by atoms with van der Waals surface area (Å²) < 4.78 is 0. The van der Waals surface area contributed by atoms with Crippen molar-refractivity contribution < 1.29 is 5.11 Å². The highest BCUT2D eigenvalue weighted by Gasteiger charge is 2.12. The molecule has 2 rings (SSSR count). The lowest BCUT2D eigenvalue weighted by Gasteiger charge is -2.18. The molecule has 0 radical (unpaired) electrons. The molecule has 0 atom stereocenters. The molecule has 1 nitrogen and oxygen atoms in total. The van der Waals surface area contributed by atoms with Gasteiger partial charge in [-0.1, -0.05) is 69.3 Å². The van der Waals surface area contributed by atoms with Gasteiger partial charge in [-0.15, -0.1) is 0 Å². The van der Waals surface area contributed by atoms with Crippen molar-refractivity contribution in [2.24, 2.45) is 0 Å². The van der Waals surface area contributed by atoms with E-state index >= 15 is 0 Å². The first-order chi connectivity index (χ1) is 8.95. The maximum atomic E-state index is 9.22. The van der Waals surface area contributed by atoms with E-state index < -0.39 is 0 Å². The molecule has 1 heteroatoms. The molecule has 0 aliphatic heterocycles. The SMILES string of the molecule is CC(C)(C)c1ccc(/C=C\c2ccc(O)cc2)cc1. The first-order valence-electron chi connectivity index (χ1n) is 6.53. The van der Waals surface area contributed by atoms with E-state index in [1.165, 1.54) is 11.1 Å². The fourth-order valence-electron chi connectivity index (χ4n) is 1.87. The average Bonchev–Trinajstić information content (AvgIpc) is 2.37. The monoisotopic (exact) mass is 252 g/mol. The zero-order valence-corrected chi connectivity index (χ0v) is 11.7. The first-order valence-corrected chi connectivity index (χ1v) is 6.53. The number of aromatic hydroxyl groups is 1. The van der Waals surface area contributed by atoms with Gasteiger partial charge in [-0.3, -0.25) is 0 Å². The van der Waals surface area contributed by atoms with Crippen molar-refractivity contribution in [1.29, 1.82) is 0 Å². The van der Waals surface area contributed by atoms with Gasteiger partial charge in [0.05, 0.1) is 0 Å². The third-order valence-corrected chi connectivity index (χ3v) is 3.14. The minimum atomic E-state index is 0.194. The van der Waals surface area contributed by atoms with Crippen molar-refractivity contribution in [2.75, 3.05) is 0 Å². The molecule has 0 fully saturated rings. The molecule has 0 aliphatic carbocycles. The number of rotatable bonds is 2. The number of hydrogen-bond acceptors (Lipinski definition) is 1. The van der Waals surface area contributed by atoms with E-state index in [0.29, 0.717) is 5.75 Å². The van der Waals surface area contributed by atoms with Gasteiger partial charge in [0.25, 0.3) is 0 Å². The molecule has 98 valence electrons. The van der Waals surface area contributed by atoms with Crippen molar-refractivity contribution >= 4 is 12.2 Å². The van der Waals surface area contributed by atoms with Gasteiger partial charge in [0.15, 0.2) is 0 Å². The average molecular weight is 252 g/mol. The first kappa shape index (κ1) is 13.4. The summed E-state index contributed by atoms with van der Waals surface area (Å²) in [6.07, 6.45) is 4.13. The Morgan fingerprint density at radius 3 is 1.58 bits per heavy atom. The standard InChI is InChI=1S/C18H20O/c1-18(2,3)16-10-6-14(7-11-16)4-5-15-8-12-17(19)13-9-15/h4-13,19H,1-3H3/b5-4-. The topological polar surface area (TPSA) is 20.2 Å². The molecule has 2 aromatic rings. The third-order valence-electron chi connectivity index (χ3n) is 3.14. The Hall–Kier alpha value is -2.02. The van der Waals surface area contributed by atoms with Crippen LogP contribution in [0.4, 0.5) is 0 Å². The van der Waals surface area contributed by atoms with Crippen LogP contribution in [-0.4, -0.2) is 5.11 Å². The summed E-state index contributed by atoms with van der Waals surface area (Å²) >= 11 is 0. The Kier molecular flexibility index (Phi) is 3.75. The van der Waals surface area contributed by atoms with Gasteiger partial charge in [0.2, 0.25) is 0 Å². The van der Waals surface area contributed by atoms with E-state index in [1.807, 2.05) is 18.2 Å². The van der Waals surface area contributed by atoms with Gasteiger partial charge in [-0.25, -0.2) is 0 Å². The van der Waals surface area contributed by atoms with E-state index in [2.05, 4.69) is 51.1 Å². The van der Waals surface area contributed by atoms with Crippen molar-refractivity contribution in [1.82, 2.24) is 0 Å². The summed E-state index contributed by atoms with van der Waals surface area (Å²) in [5.74, 6) is 0.298. The van der Waals surface area contributed by atoms with Crippen LogP contribution >= 0.6 is 0 Å². The van der Waals surface area contributed by atoms with Crippen molar-refractivity contribution in [3.05, 3.63) is 65.2 Å². The predicted molar refractivity (Wildman–Crippen MR) is 82.2 cm³/mol. The van der Waals surface area contributed by atoms with Gasteiger partial charge in [-0.2, -0.15) is 0 Å². The van der Waals surface area contributed by atoms with Gasteiger partial charge in [-0.05, 0) is 34.2 Å². The van der Waals surface area contributed by atoms with Crippen molar-refractivity contribution in [2.45, 2.75) is 26.2 Å². The summed E-state index contributed by atoms with van der Waals surface area (Å²) in [6.45, 7) is 6.65. The molecule has 0 amide bonds. The van der Waals surface area contributed by atoms with Crippen LogP contribution in [0.2, 0.25) is 0 Å². The van der Waals surface area contributed by atoms with Crippen LogP contribution in [0.5, 0.6) is 5.75 Å². The van der Waals surface area contributed by atoms with Crippen molar-refractivity contribution in [3.63, 3.8) is 0 Å². The lowest BCUT2D eigenvalue weighted by atomic mass is 9.87. The molecule has 0 saturated heterocycles. The van der Waals surface area contributed by atoms with Gasteiger partial charge >= 0.3 is 0 Å². The van der Waals surface area contributed by atoms with Crippen LogP contribution in [0.25, 0.3) is 12.2 Å². The molecule has 2 aromatic carbocycles. The summed E-state index contributed by atoms with van der Waals surface area (Å²) in [4.78, 5) is 0. The molecule has 0 unspecified atom stereocenters. The highest BCUT2D eigenvalue weighted by atomic mass is 16.3. The fraction of sp³-hybridized carbons (Fsp3) is 0.222. The highest BCUT2D eigenvalue weighted by Crippen LogP contribution is 2.22. The number of hydrogen-bond donors (Lipinski definition) is 1. The second kappa shape index (κ2) is 5.31. The maximum absolute atomic E-state index is 9.22. The summed E-state index contributed by atoms with van der Waals surface area (Å²) in [5.41, 5.74) is 3.80. The zero-order valence-electron chi connectivity index (χ0n) is 11.7. The largest absolute Gasteiger partial charge is 0.508 e. The number of phenols is 1. The molecular formula is C18H20O. The minimum Gasteiger partial charge on any atom is -0.508 e. The summed E-state index contributed by atoms with van der Waals surface area (Å²) in [7, 11) is 0. The number of phenolic OH excluding ortho intramolecular Hbond substituents is 1. The molecule has 0 aliphatic rings. The van der Waals surface area contributed by atoms with E-state index in [0.717, 1.165) is 5.56 Å². The van der Waals surface area contributed by atoms with Gasteiger partial charge in [0, 0.05) is 0 Å². The van der Waals surface area contributed by atoms with E-state index in [-0.39, 0.29) is 5.41 Å². The maximum Gasteiger partial charge on any atom is 0.115 e. The Balaban J connectivity index is 2.13. The lowest BCUT2D eigenvalue weighted by molar-refractivity contribution is 0.475. The Labute approximate surface area is 115 Å². The second-order valence-corrected chi connectivity index (χ2v) is 5.80. The number of benzene rings is 2. The molecule has 0 heterocycles. The Morgan fingerprint density at radius 1 is 0.737 bits per heavy atom. The van der Waals surface area contributed by atoms with Crippen LogP contribution in [0, 0.1) is 0 Å². The van der Waals surface area contributed by atoms with Crippen LogP contribution in [0.15, 0.2) is 48.5 Å². The lowest BCUT2D eigenvalue weighted by Crippen LogP contribution is -2.10. The molecule has 0 saturated carbocycles. The smallest absolute Gasteiger partial charge is 0.115 e. The van der Waals surface area contributed by atoms with E-state index in [1.54, 1.807) is 12.1 Å². The Morgan fingerprint density at radius 2 is 1.16 bits per heavy atom. The van der Waals surface area contributed by atoms with Crippen LogP contribution in [0.1, 0.15) is 37.5 Å². The van der Waals surface area contributed by atoms with Crippen LogP contribution in [0.3, 0.4) is 0 Å².